The van der Waals surface area contributed by atoms with Gasteiger partial charge < -0.3 is 9.84 Å². The number of nitrogens with zero attached hydrogens (tertiary/aromatic N) is 1. The predicted molar refractivity (Wildman–Crippen MR) is 77.3 cm³/mol. The topological polar surface area (TPSA) is 53.2 Å². The van der Waals surface area contributed by atoms with Crippen molar-refractivity contribution in [3.8, 4) is 17.6 Å². The minimum absolute atomic E-state index is 0.401. The van der Waals surface area contributed by atoms with E-state index in [1.807, 2.05) is 55.5 Å². The van der Waals surface area contributed by atoms with Crippen LogP contribution in [0.25, 0.3) is 0 Å². The molecule has 2 atom stereocenters. The Bertz CT molecular complexity index is 589. The van der Waals surface area contributed by atoms with Crippen molar-refractivity contribution in [2.45, 2.75) is 19.4 Å². The zero-order chi connectivity index (χ0) is 14.4. The summed E-state index contributed by atoms with van der Waals surface area (Å²) in [6.45, 7) is 1.89. The first-order valence-corrected chi connectivity index (χ1v) is 6.65. The van der Waals surface area contributed by atoms with Crippen molar-refractivity contribution in [3.05, 3.63) is 60.2 Å². The van der Waals surface area contributed by atoms with Crippen molar-refractivity contribution in [2.75, 3.05) is 0 Å². The van der Waals surface area contributed by atoms with E-state index in [9.17, 15) is 5.11 Å². The van der Waals surface area contributed by atoms with Gasteiger partial charge in [-0.3, -0.25) is 0 Å². The molecular weight excluding hydrogens is 250 g/mol. The maximum Gasteiger partial charge on any atom is 0.127 e. The van der Waals surface area contributed by atoms with Crippen molar-refractivity contribution < 1.29 is 9.84 Å². The van der Waals surface area contributed by atoms with Crippen LogP contribution in [-0.4, -0.2) is 5.11 Å². The largest absolute Gasteiger partial charge is 0.457 e. The Labute approximate surface area is 119 Å². The average Bonchev–Trinajstić information content (AvgIpc) is 2.49. The number of benzene rings is 2. The molecule has 20 heavy (non-hydrogen) atoms. The summed E-state index contributed by atoms with van der Waals surface area (Å²) in [7, 11) is 0. The molecule has 0 radical (unpaired) electrons. The van der Waals surface area contributed by atoms with E-state index in [0.717, 1.165) is 5.75 Å². The molecule has 0 saturated carbocycles. The summed E-state index contributed by atoms with van der Waals surface area (Å²) in [4.78, 5) is 0. The van der Waals surface area contributed by atoms with Crippen LogP contribution in [0, 0.1) is 17.2 Å². The molecule has 0 aromatic heterocycles. The first kappa shape index (κ1) is 14.1. The molecule has 0 heterocycles. The van der Waals surface area contributed by atoms with Gasteiger partial charge in [-0.05, 0) is 36.2 Å². The summed E-state index contributed by atoms with van der Waals surface area (Å²) in [5.41, 5.74) is 0.701. The van der Waals surface area contributed by atoms with Crippen LogP contribution in [0.15, 0.2) is 54.6 Å². The van der Waals surface area contributed by atoms with Crippen molar-refractivity contribution in [2.24, 2.45) is 5.92 Å². The van der Waals surface area contributed by atoms with Gasteiger partial charge in [-0.15, -0.1) is 0 Å². The summed E-state index contributed by atoms with van der Waals surface area (Å²) >= 11 is 0. The number of nitriles is 1. The number of aliphatic hydroxyl groups excluding tert-OH is 1. The average molecular weight is 267 g/mol. The van der Waals surface area contributed by atoms with E-state index in [-0.39, 0.29) is 0 Å². The molecule has 0 aliphatic heterocycles. The number of ether oxygens (including phenoxy) is 1. The highest BCUT2D eigenvalue weighted by molar-refractivity contribution is 5.35. The first-order valence-electron chi connectivity index (χ1n) is 6.65. The molecule has 2 aromatic carbocycles. The summed E-state index contributed by atoms with van der Waals surface area (Å²) in [6, 6.07) is 18.8. The summed E-state index contributed by atoms with van der Waals surface area (Å²) in [5.74, 6) is 0.994. The first-order chi connectivity index (χ1) is 9.74. The number of hydrogen-bond donors (Lipinski definition) is 1. The fraction of sp³-hybridized carbons (Fsp3) is 0.235. The Hall–Kier alpha value is -2.31. The quantitative estimate of drug-likeness (QED) is 0.888. The Balaban J connectivity index is 2.18. The van der Waals surface area contributed by atoms with Crippen LogP contribution in [0.2, 0.25) is 0 Å². The van der Waals surface area contributed by atoms with Gasteiger partial charge in [0.05, 0.1) is 18.1 Å². The van der Waals surface area contributed by atoms with Crippen LogP contribution in [-0.2, 0) is 0 Å². The minimum atomic E-state index is -0.788. The van der Waals surface area contributed by atoms with Crippen LogP contribution in [0.1, 0.15) is 25.0 Å². The maximum absolute atomic E-state index is 10.2. The van der Waals surface area contributed by atoms with Crippen LogP contribution in [0.4, 0.5) is 0 Å². The van der Waals surface area contributed by atoms with E-state index in [1.54, 1.807) is 6.07 Å². The van der Waals surface area contributed by atoms with Crippen molar-refractivity contribution in [1.82, 2.24) is 0 Å². The lowest BCUT2D eigenvalue weighted by molar-refractivity contribution is 0.132. The third-order valence-electron chi connectivity index (χ3n) is 3.17. The van der Waals surface area contributed by atoms with Crippen molar-refractivity contribution in [3.63, 3.8) is 0 Å². The molecule has 0 spiro atoms. The molecule has 2 unspecified atom stereocenters. The molecule has 3 nitrogen and oxygen atoms in total. The highest BCUT2D eigenvalue weighted by atomic mass is 16.5. The van der Waals surface area contributed by atoms with Gasteiger partial charge >= 0.3 is 0 Å². The summed E-state index contributed by atoms with van der Waals surface area (Å²) in [6.07, 6.45) is -0.175. The molecule has 2 aromatic rings. The lowest BCUT2D eigenvalue weighted by Crippen LogP contribution is -2.09. The smallest absolute Gasteiger partial charge is 0.127 e. The number of aliphatic hydroxyl groups is 1. The summed E-state index contributed by atoms with van der Waals surface area (Å²) < 4.78 is 5.72. The molecule has 2 rings (SSSR count). The third-order valence-corrected chi connectivity index (χ3v) is 3.17. The number of para-hydroxylation sites is 1. The highest BCUT2D eigenvalue weighted by Crippen LogP contribution is 2.28. The van der Waals surface area contributed by atoms with Gasteiger partial charge in [0.25, 0.3) is 0 Å². The van der Waals surface area contributed by atoms with E-state index in [4.69, 9.17) is 10.00 Å². The summed E-state index contributed by atoms with van der Waals surface area (Å²) in [5, 5.41) is 19.2. The fourth-order valence-corrected chi connectivity index (χ4v) is 2.00. The van der Waals surface area contributed by atoms with Crippen molar-refractivity contribution >= 4 is 0 Å². The molecule has 102 valence electrons. The fourth-order valence-electron chi connectivity index (χ4n) is 2.00. The Morgan fingerprint density at radius 1 is 1.10 bits per heavy atom. The Kier molecular flexibility index (Phi) is 4.75. The van der Waals surface area contributed by atoms with Crippen LogP contribution >= 0.6 is 0 Å². The van der Waals surface area contributed by atoms with Gasteiger partial charge in [-0.25, -0.2) is 0 Å². The Morgan fingerprint density at radius 2 is 1.80 bits per heavy atom. The molecule has 0 aliphatic rings. The number of hydrogen-bond acceptors (Lipinski definition) is 3. The molecule has 0 saturated heterocycles. The highest BCUT2D eigenvalue weighted by Gasteiger charge is 2.19. The third kappa shape index (κ3) is 3.37. The standard InChI is InChI=1S/C17H17NO2/c1-2-13(12-18)17(19)14-7-6-10-16(11-14)20-15-8-4-3-5-9-15/h3-11,13,17,19H,2H2,1H3. The van der Waals surface area contributed by atoms with E-state index in [1.165, 1.54) is 0 Å². The second-order valence-electron chi connectivity index (χ2n) is 4.58. The molecule has 0 amide bonds. The second-order valence-corrected chi connectivity index (χ2v) is 4.58. The zero-order valence-electron chi connectivity index (χ0n) is 11.4. The molecule has 0 bridgehead atoms. The number of rotatable bonds is 5. The van der Waals surface area contributed by atoms with Gasteiger partial charge in [0.1, 0.15) is 11.5 Å². The van der Waals surface area contributed by atoms with E-state index < -0.39 is 12.0 Å². The predicted octanol–water partition coefficient (Wildman–Crippen LogP) is 4.06. The molecule has 3 heteroatoms. The lowest BCUT2D eigenvalue weighted by Gasteiger charge is -2.16. The zero-order valence-corrected chi connectivity index (χ0v) is 11.4. The van der Waals surface area contributed by atoms with Gasteiger partial charge in [-0.2, -0.15) is 5.26 Å². The normalized spacial score (nSPS) is 13.2. The van der Waals surface area contributed by atoms with E-state index >= 15 is 0 Å². The lowest BCUT2D eigenvalue weighted by atomic mass is 9.95. The van der Waals surface area contributed by atoms with Crippen LogP contribution in [0.3, 0.4) is 0 Å². The Morgan fingerprint density at radius 3 is 2.45 bits per heavy atom. The van der Waals surface area contributed by atoms with Gasteiger partial charge in [0.15, 0.2) is 0 Å². The van der Waals surface area contributed by atoms with Gasteiger partial charge in [-0.1, -0.05) is 37.3 Å². The monoisotopic (exact) mass is 267 g/mol. The van der Waals surface area contributed by atoms with E-state index in [2.05, 4.69) is 6.07 Å². The molecule has 0 fully saturated rings. The molecular formula is C17H17NO2. The molecule has 1 N–H and O–H groups in total. The maximum atomic E-state index is 10.2. The van der Waals surface area contributed by atoms with E-state index in [0.29, 0.717) is 17.7 Å². The van der Waals surface area contributed by atoms with Crippen LogP contribution < -0.4 is 4.74 Å². The second kappa shape index (κ2) is 6.74. The molecule has 0 aliphatic carbocycles. The van der Waals surface area contributed by atoms with Crippen molar-refractivity contribution in [1.29, 1.82) is 5.26 Å². The van der Waals surface area contributed by atoms with Gasteiger partial charge in [0.2, 0.25) is 0 Å². The van der Waals surface area contributed by atoms with Crippen LogP contribution in [0.5, 0.6) is 11.5 Å². The minimum Gasteiger partial charge on any atom is -0.457 e. The SMILES string of the molecule is CCC(C#N)C(O)c1cccc(Oc2ccccc2)c1. The van der Waals surface area contributed by atoms with Gasteiger partial charge in [0, 0.05) is 0 Å².